The second-order valence-corrected chi connectivity index (χ2v) is 5.41. The summed E-state index contributed by atoms with van der Waals surface area (Å²) in [5.41, 5.74) is 6.93. The molecule has 3 unspecified atom stereocenters. The quantitative estimate of drug-likeness (QED) is 0.881. The van der Waals surface area contributed by atoms with Crippen molar-refractivity contribution in [2.75, 3.05) is 7.11 Å². The van der Waals surface area contributed by atoms with Gasteiger partial charge in [-0.1, -0.05) is 12.5 Å². The Hall–Kier alpha value is -1.13. The van der Waals surface area contributed by atoms with Gasteiger partial charge in [0.15, 0.2) is 11.6 Å². The number of nitrogens with one attached hydrogen (secondary N) is 1. The standard InChI is InChI=1S/C15H23FN2O/c1-10(18-13-5-3-4-12(17)9-13)11-6-7-15(19-2)14(16)8-11/h6-8,10,12-13,18H,3-5,9,17H2,1-2H3. The summed E-state index contributed by atoms with van der Waals surface area (Å²) in [6, 6.07) is 5.97. The highest BCUT2D eigenvalue weighted by molar-refractivity contribution is 5.30. The smallest absolute Gasteiger partial charge is 0.165 e. The molecule has 3 nitrogen and oxygen atoms in total. The molecule has 0 saturated heterocycles. The van der Waals surface area contributed by atoms with Gasteiger partial charge in [0, 0.05) is 18.1 Å². The molecule has 0 aliphatic heterocycles. The largest absolute Gasteiger partial charge is 0.494 e. The van der Waals surface area contributed by atoms with Crippen molar-refractivity contribution in [1.29, 1.82) is 0 Å². The van der Waals surface area contributed by atoms with Gasteiger partial charge >= 0.3 is 0 Å². The number of hydrogen-bond donors (Lipinski definition) is 2. The van der Waals surface area contributed by atoms with Gasteiger partial charge in [-0.05, 0) is 43.9 Å². The molecule has 2 rings (SSSR count). The summed E-state index contributed by atoms with van der Waals surface area (Å²) >= 11 is 0. The summed E-state index contributed by atoms with van der Waals surface area (Å²) < 4.78 is 18.6. The number of methoxy groups -OCH3 is 1. The monoisotopic (exact) mass is 266 g/mol. The highest BCUT2D eigenvalue weighted by atomic mass is 19.1. The van der Waals surface area contributed by atoms with E-state index in [1.807, 2.05) is 6.07 Å². The van der Waals surface area contributed by atoms with Crippen LogP contribution in [0.15, 0.2) is 18.2 Å². The van der Waals surface area contributed by atoms with E-state index >= 15 is 0 Å². The Morgan fingerprint density at radius 1 is 1.42 bits per heavy atom. The molecule has 0 amide bonds. The predicted octanol–water partition coefficient (Wildman–Crippen LogP) is 2.75. The van der Waals surface area contributed by atoms with Crippen LogP contribution < -0.4 is 15.8 Å². The van der Waals surface area contributed by atoms with Crippen molar-refractivity contribution in [2.45, 2.75) is 50.7 Å². The van der Waals surface area contributed by atoms with E-state index in [1.165, 1.54) is 13.5 Å². The minimum absolute atomic E-state index is 0.121. The lowest BCUT2D eigenvalue weighted by Gasteiger charge is -2.30. The molecule has 0 spiro atoms. The van der Waals surface area contributed by atoms with Crippen LogP contribution >= 0.6 is 0 Å². The van der Waals surface area contributed by atoms with Crippen LogP contribution in [0.5, 0.6) is 5.75 Å². The first-order valence-electron chi connectivity index (χ1n) is 6.95. The van der Waals surface area contributed by atoms with Crippen molar-refractivity contribution >= 4 is 0 Å². The van der Waals surface area contributed by atoms with E-state index in [-0.39, 0.29) is 17.6 Å². The molecule has 0 aromatic heterocycles. The fourth-order valence-electron chi connectivity index (χ4n) is 2.78. The lowest BCUT2D eigenvalue weighted by Crippen LogP contribution is -2.40. The van der Waals surface area contributed by atoms with Gasteiger partial charge in [0.1, 0.15) is 0 Å². The molecule has 3 atom stereocenters. The number of hydrogen-bond acceptors (Lipinski definition) is 3. The normalized spacial score (nSPS) is 25.1. The molecule has 1 fully saturated rings. The zero-order valence-corrected chi connectivity index (χ0v) is 11.7. The van der Waals surface area contributed by atoms with Crippen molar-refractivity contribution in [3.63, 3.8) is 0 Å². The van der Waals surface area contributed by atoms with E-state index in [1.54, 1.807) is 12.1 Å². The fraction of sp³-hybridized carbons (Fsp3) is 0.600. The summed E-state index contributed by atoms with van der Waals surface area (Å²) in [6.07, 6.45) is 4.44. The Morgan fingerprint density at radius 3 is 2.84 bits per heavy atom. The molecule has 0 radical (unpaired) electrons. The van der Waals surface area contributed by atoms with Gasteiger partial charge in [-0.2, -0.15) is 0 Å². The maximum absolute atomic E-state index is 13.7. The molecule has 1 aliphatic rings. The first-order valence-corrected chi connectivity index (χ1v) is 6.95. The summed E-state index contributed by atoms with van der Waals surface area (Å²) in [5, 5.41) is 3.54. The molecule has 1 aromatic rings. The van der Waals surface area contributed by atoms with Crippen molar-refractivity contribution < 1.29 is 9.13 Å². The van der Waals surface area contributed by atoms with Crippen LogP contribution in [0.4, 0.5) is 4.39 Å². The van der Waals surface area contributed by atoms with Crippen LogP contribution in [-0.4, -0.2) is 19.2 Å². The summed E-state index contributed by atoms with van der Waals surface area (Å²) in [7, 11) is 1.48. The van der Waals surface area contributed by atoms with Crippen LogP contribution in [-0.2, 0) is 0 Å². The Morgan fingerprint density at radius 2 is 2.21 bits per heavy atom. The third-order valence-electron chi connectivity index (χ3n) is 3.88. The zero-order chi connectivity index (χ0) is 13.8. The Labute approximate surface area is 114 Å². The second kappa shape index (κ2) is 6.35. The van der Waals surface area contributed by atoms with E-state index in [9.17, 15) is 4.39 Å². The molecule has 1 aliphatic carbocycles. The molecule has 4 heteroatoms. The summed E-state index contributed by atoms with van der Waals surface area (Å²) in [4.78, 5) is 0. The van der Waals surface area contributed by atoms with E-state index in [0.29, 0.717) is 12.1 Å². The van der Waals surface area contributed by atoms with Gasteiger partial charge in [-0.15, -0.1) is 0 Å². The topological polar surface area (TPSA) is 47.3 Å². The van der Waals surface area contributed by atoms with E-state index < -0.39 is 0 Å². The summed E-state index contributed by atoms with van der Waals surface area (Å²) in [5.74, 6) is -0.0235. The van der Waals surface area contributed by atoms with Crippen LogP contribution in [0.3, 0.4) is 0 Å². The van der Waals surface area contributed by atoms with Crippen molar-refractivity contribution in [1.82, 2.24) is 5.32 Å². The molecular weight excluding hydrogens is 243 g/mol. The highest BCUT2D eigenvalue weighted by Crippen LogP contribution is 2.24. The third-order valence-corrected chi connectivity index (χ3v) is 3.88. The number of rotatable bonds is 4. The summed E-state index contributed by atoms with van der Waals surface area (Å²) in [6.45, 7) is 2.06. The maximum Gasteiger partial charge on any atom is 0.165 e. The van der Waals surface area contributed by atoms with Gasteiger partial charge in [0.25, 0.3) is 0 Å². The maximum atomic E-state index is 13.7. The molecular formula is C15H23FN2O. The van der Waals surface area contributed by atoms with E-state index in [0.717, 1.165) is 24.8 Å². The number of benzene rings is 1. The molecule has 3 N–H and O–H groups in total. The van der Waals surface area contributed by atoms with Gasteiger partial charge in [-0.25, -0.2) is 4.39 Å². The lowest BCUT2D eigenvalue weighted by atomic mass is 9.91. The van der Waals surface area contributed by atoms with Crippen molar-refractivity contribution in [3.8, 4) is 5.75 Å². The fourth-order valence-corrected chi connectivity index (χ4v) is 2.78. The van der Waals surface area contributed by atoms with Crippen LogP contribution in [0, 0.1) is 5.82 Å². The number of ether oxygens (including phenoxy) is 1. The average molecular weight is 266 g/mol. The van der Waals surface area contributed by atoms with Gasteiger partial charge < -0.3 is 15.8 Å². The van der Waals surface area contributed by atoms with Crippen molar-refractivity contribution in [2.24, 2.45) is 5.73 Å². The lowest BCUT2D eigenvalue weighted by molar-refractivity contribution is 0.318. The molecule has 0 heterocycles. The first kappa shape index (κ1) is 14.3. The van der Waals surface area contributed by atoms with Gasteiger partial charge in [0.05, 0.1) is 7.11 Å². The minimum Gasteiger partial charge on any atom is -0.494 e. The molecule has 1 saturated carbocycles. The Kier molecular flexibility index (Phi) is 4.77. The Bertz CT molecular complexity index is 425. The number of nitrogens with two attached hydrogens (primary N) is 1. The van der Waals surface area contributed by atoms with Crippen LogP contribution in [0.2, 0.25) is 0 Å². The molecule has 19 heavy (non-hydrogen) atoms. The van der Waals surface area contributed by atoms with E-state index in [2.05, 4.69) is 12.2 Å². The van der Waals surface area contributed by atoms with Gasteiger partial charge in [0.2, 0.25) is 0 Å². The predicted molar refractivity (Wildman–Crippen MR) is 74.7 cm³/mol. The molecule has 1 aromatic carbocycles. The number of halogens is 1. The van der Waals surface area contributed by atoms with Gasteiger partial charge in [-0.3, -0.25) is 0 Å². The average Bonchev–Trinajstić information content (AvgIpc) is 2.38. The first-order chi connectivity index (χ1) is 9.10. The van der Waals surface area contributed by atoms with E-state index in [4.69, 9.17) is 10.5 Å². The van der Waals surface area contributed by atoms with Crippen LogP contribution in [0.25, 0.3) is 0 Å². The third kappa shape index (κ3) is 3.67. The SMILES string of the molecule is COc1ccc(C(C)NC2CCCC(N)C2)cc1F. The highest BCUT2D eigenvalue weighted by Gasteiger charge is 2.21. The zero-order valence-electron chi connectivity index (χ0n) is 11.7. The second-order valence-electron chi connectivity index (χ2n) is 5.41. The minimum atomic E-state index is -0.311. The molecule has 106 valence electrons. The Balaban J connectivity index is 1.99. The van der Waals surface area contributed by atoms with Crippen molar-refractivity contribution in [3.05, 3.63) is 29.6 Å². The van der Waals surface area contributed by atoms with Crippen LogP contribution in [0.1, 0.15) is 44.2 Å². The molecule has 0 bridgehead atoms.